The Morgan fingerprint density at radius 3 is 2.40 bits per heavy atom. The van der Waals surface area contributed by atoms with Gasteiger partial charge in [-0.1, -0.05) is 41.4 Å². The SMILES string of the molecule is O=C1NC(=O)N(c2ccccc2Cl)C(=O)C1=Cc1ccc(O)c(Cl)c1. The number of urea groups is 1. The lowest BCUT2D eigenvalue weighted by molar-refractivity contribution is -0.122. The zero-order chi connectivity index (χ0) is 18.1. The summed E-state index contributed by atoms with van der Waals surface area (Å²) in [5.41, 5.74) is 0.310. The topological polar surface area (TPSA) is 86.7 Å². The third kappa shape index (κ3) is 3.22. The molecule has 1 fully saturated rings. The van der Waals surface area contributed by atoms with Crippen molar-refractivity contribution in [2.24, 2.45) is 0 Å². The predicted octanol–water partition coefficient (Wildman–Crippen LogP) is 3.37. The molecule has 0 saturated carbocycles. The normalized spacial score (nSPS) is 16.3. The third-order valence-electron chi connectivity index (χ3n) is 3.48. The Morgan fingerprint density at radius 2 is 1.72 bits per heavy atom. The number of nitrogens with one attached hydrogen (secondary N) is 1. The molecule has 0 unspecified atom stereocenters. The number of phenolic OH excluding ortho intramolecular Hbond substituents is 1. The summed E-state index contributed by atoms with van der Waals surface area (Å²) in [5, 5.41) is 11.8. The highest BCUT2D eigenvalue weighted by molar-refractivity contribution is 6.42. The largest absolute Gasteiger partial charge is 0.506 e. The van der Waals surface area contributed by atoms with Gasteiger partial charge in [-0.15, -0.1) is 0 Å². The molecule has 0 aromatic heterocycles. The maximum atomic E-state index is 12.7. The van der Waals surface area contributed by atoms with Gasteiger partial charge in [-0.2, -0.15) is 0 Å². The number of anilines is 1. The molecule has 0 spiro atoms. The Hall–Kier alpha value is -2.83. The van der Waals surface area contributed by atoms with Crippen molar-refractivity contribution in [2.75, 3.05) is 4.90 Å². The van der Waals surface area contributed by atoms with E-state index in [2.05, 4.69) is 5.32 Å². The van der Waals surface area contributed by atoms with E-state index < -0.39 is 17.8 Å². The number of carbonyl (C=O) groups is 3. The lowest BCUT2D eigenvalue weighted by Crippen LogP contribution is -2.54. The number of halogens is 2. The van der Waals surface area contributed by atoms with Gasteiger partial charge in [-0.25, -0.2) is 9.69 Å². The van der Waals surface area contributed by atoms with E-state index in [-0.39, 0.29) is 27.1 Å². The fourth-order valence-corrected chi connectivity index (χ4v) is 2.70. The van der Waals surface area contributed by atoms with Crippen LogP contribution in [0.4, 0.5) is 10.5 Å². The highest BCUT2D eigenvalue weighted by Gasteiger charge is 2.37. The molecule has 1 heterocycles. The van der Waals surface area contributed by atoms with Crippen molar-refractivity contribution in [3.8, 4) is 5.75 Å². The summed E-state index contributed by atoms with van der Waals surface area (Å²) in [4.78, 5) is 37.6. The van der Waals surface area contributed by atoms with Crippen LogP contribution in [0, 0.1) is 0 Å². The number of carbonyl (C=O) groups excluding carboxylic acids is 3. The molecule has 2 aromatic carbocycles. The minimum absolute atomic E-state index is 0.0667. The molecule has 25 heavy (non-hydrogen) atoms. The van der Waals surface area contributed by atoms with Gasteiger partial charge < -0.3 is 5.11 Å². The van der Waals surface area contributed by atoms with Gasteiger partial charge in [0.2, 0.25) is 0 Å². The standard InChI is InChI=1S/C17H10Cl2N2O4/c18-11-3-1-2-4-13(11)21-16(24)10(15(23)20-17(21)25)7-9-5-6-14(22)12(19)8-9/h1-8,22H,(H,20,23,25). The average molecular weight is 377 g/mol. The van der Waals surface area contributed by atoms with Crippen molar-refractivity contribution >= 4 is 52.8 Å². The Bertz CT molecular complexity index is 940. The maximum absolute atomic E-state index is 12.7. The second-order valence-corrected chi connectivity index (χ2v) is 5.93. The number of aromatic hydroxyl groups is 1. The Labute approximate surface area is 152 Å². The van der Waals surface area contributed by atoms with Gasteiger partial charge in [0, 0.05) is 0 Å². The van der Waals surface area contributed by atoms with Crippen molar-refractivity contribution in [2.45, 2.75) is 0 Å². The fraction of sp³-hybridized carbons (Fsp3) is 0. The molecule has 0 atom stereocenters. The first kappa shape index (κ1) is 17.0. The second kappa shape index (κ2) is 6.58. The van der Waals surface area contributed by atoms with Crippen LogP contribution in [0.1, 0.15) is 5.56 Å². The minimum Gasteiger partial charge on any atom is -0.506 e. The van der Waals surface area contributed by atoms with Gasteiger partial charge >= 0.3 is 6.03 Å². The first-order valence-corrected chi connectivity index (χ1v) is 7.78. The van der Waals surface area contributed by atoms with Gasteiger partial charge in [-0.05, 0) is 35.9 Å². The number of para-hydroxylation sites is 1. The summed E-state index contributed by atoms with van der Waals surface area (Å²) >= 11 is 11.9. The number of barbiturate groups is 1. The van der Waals surface area contributed by atoms with Crippen molar-refractivity contribution in [1.29, 1.82) is 0 Å². The van der Waals surface area contributed by atoms with Gasteiger partial charge in [-0.3, -0.25) is 14.9 Å². The molecular weight excluding hydrogens is 367 g/mol. The molecule has 0 radical (unpaired) electrons. The molecule has 2 aromatic rings. The van der Waals surface area contributed by atoms with Crippen molar-refractivity contribution < 1.29 is 19.5 Å². The van der Waals surface area contributed by atoms with E-state index in [4.69, 9.17) is 23.2 Å². The lowest BCUT2D eigenvalue weighted by atomic mass is 10.1. The molecule has 0 aliphatic carbocycles. The van der Waals surface area contributed by atoms with Gasteiger partial charge in [0.15, 0.2) is 0 Å². The van der Waals surface area contributed by atoms with Crippen molar-refractivity contribution in [3.05, 3.63) is 63.6 Å². The van der Waals surface area contributed by atoms with Crippen LogP contribution in [-0.2, 0) is 9.59 Å². The molecule has 1 aliphatic rings. The number of rotatable bonds is 2. The maximum Gasteiger partial charge on any atom is 0.335 e. The second-order valence-electron chi connectivity index (χ2n) is 5.12. The van der Waals surface area contributed by atoms with E-state index in [0.29, 0.717) is 5.56 Å². The van der Waals surface area contributed by atoms with Crippen LogP contribution in [0.2, 0.25) is 10.0 Å². The summed E-state index contributed by atoms with van der Waals surface area (Å²) < 4.78 is 0. The first-order valence-electron chi connectivity index (χ1n) is 7.03. The Balaban J connectivity index is 2.05. The molecule has 6 nitrogen and oxygen atoms in total. The summed E-state index contributed by atoms with van der Waals surface area (Å²) in [6.45, 7) is 0. The molecular formula is C17H10Cl2N2O4. The van der Waals surface area contributed by atoms with E-state index in [0.717, 1.165) is 4.90 Å². The van der Waals surface area contributed by atoms with Crippen LogP contribution in [-0.4, -0.2) is 23.0 Å². The quantitative estimate of drug-likeness (QED) is 0.621. The number of phenols is 1. The van der Waals surface area contributed by atoms with Crippen LogP contribution in [0.3, 0.4) is 0 Å². The van der Waals surface area contributed by atoms with E-state index in [1.54, 1.807) is 12.1 Å². The highest BCUT2D eigenvalue weighted by Crippen LogP contribution is 2.29. The number of hydrogen-bond donors (Lipinski definition) is 2. The van der Waals surface area contributed by atoms with Gasteiger partial charge in [0.05, 0.1) is 15.7 Å². The molecule has 126 valence electrons. The molecule has 1 saturated heterocycles. The lowest BCUT2D eigenvalue weighted by Gasteiger charge is -2.27. The van der Waals surface area contributed by atoms with E-state index >= 15 is 0 Å². The van der Waals surface area contributed by atoms with Crippen molar-refractivity contribution in [3.63, 3.8) is 0 Å². The third-order valence-corrected chi connectivity index (χ3v) is 4.10. The predicted molar refractivity (Wildman–Crippen MR) is 93.6 cm³/mol. The molecule has 8 heteroatoms. The van der Waals surface area contributed by atoms with E-state index in [1.807, 2.05) is 0 Å². The Morgan fingerprint density at radius 1 is 1.00 bits per heavy atom. The molecule has 2 N–H and O–H groups in total. The van der Waals surface area contributed by atoms with Gasteiger partial charge in [0.25, 0.3) is 11.8 Å². The number of benzene rings is 2. The zero-order valence-electron chi connectivity index (χ0n) is 12.5. The van der Waals surface area contributed by atoms with Crippen LogP contribution in [0.5, 0.6) is 5.75 Å². The number of nitrogens with zero attached hydrogens (tertiary/aromatic N) is 1. The summed E-state index contributed by atoms with van der Waals surface area (Å²) in [5.74, 6) is -1.77. The van der Waals surface area contributed by atoms with E-state index in [9.17, 15) is 19.5 Å². The minimum atomic E-state index is -0.885. The number of amides is 4. The zero-order valence-corrected chi connectivity index (χ0v) is 14.0. The summed E-state index contributed by atoms with van der Waals surface area (Å²) in [6.07, 6.45) is 1.28. The van der Waals surface area contributed by atoms with Crippen LogP contribution < -0.4 is 10.2 Å². The number of hydrogen-bond acceptors (Lipinski definition) is 4. The fourth-order valence-electron chi connectivity index (χ4n) is 2.29. The van der Waals surface area contributed by atoms with Crippen molar-refractivity contribution in [1.82, 2.24) is 5.32 Å². The summed E-state index contributed by atoms with van der Waals surface area (Å²) in [6, 6.07) is 9.59. The molecule has 0 bridgehead atoms. The highest BCUT2D eigenvalue weighted by atomic mass is 35.5. The van der Waals surface area contributed by atoms with E-state index in [1.165, 1.54) is 36.4 Å². The van der Waals surface area contributed by atoms with Crippen LogP contribution >= 0.6 is 23.2 Å². The smallest absolute Gasteiger partial charge is 0.335 e. The first-order chi connectivity index (χ1) is 11.9. The monoisotopic (exact) mass is 376 g/mol. The summed E-state index contributed by atoms with van der Waals surface area (Å²) in [7, 11) is 0. The Kier molecular flexibility index (Phi) is 4.48. The molecule has 3 rings (SSSR count). The van der Waals surface area contributed by atoms with Crippen LogP contribution in [0.15, 0.2) is 48.0 Å². The van der Waals surface area contributed by atoms with Crippen LogP contribution in [0.25, 0.3) is 6.08 Å². The molecule has 4 amide bonds. The number of imide groups is 2. The average Bonchev–Trinajstić information content (AvgIpc) is 2.56. The van der Waals surface area contributed by atoms with Gasteiger partial charge in [0.1, 0.15) is 11.3 Å². The molecule has 1 aliphatic heterocycles.